The van der Waals surface area contributed by atoms with E-state index in [1.54, 1.807) is 12.3 Å². The van der Waals surface area contributed by atoms with Gasteiger partial charge in [0.15, 0.2) is 11.7 Å². The largest absolute Gasteiger partial charge is 0.481 e. The van der Waals surface area contributed by atoms with Crippen molar-refractivity contribution in [2.45, 2.75) is 26.3 Å². The van der Waals surface area contributed by atoms with Crippen molar-refractivity contribution >= 4 is 34.1 Å². The van der Waals surface area contributed by atoms with Crippen molar-refractivity contribution in [3.05, 3.63) is 36.5 Å². The summed E-state index contributed by atoms with van der Waals surface area (Å²) in [6, 6.07) is 9.37. The first-order valence-electron chi connectivity index (χ1n) is 7.19. The number of para-hydroxylation sites is 1. The van der Waals surface area contributed by atoms with Crippen LogP contribution in [0.15, 0.2) is 36.5 Å². The number of hydrogen-bond acceptors (Lipinski definition) is 4. The molecular formula is C16H20N4O2S. The van der Waals surface area contributed by atoms with Crippen molar-refractivity contribution < 1.29 is 9.53 Å². The van der Waals surface area contributed by atoms with E-state index in [-0.39, 0.29) is 18.1 Å². The Morgan fingerprint density at radius 2 is 1.96 bits per heavy atom. The van der Waals surface area contributed by atoms with Gasteiger partial charge >= 0.3 is 0 Å². The maximum atomic E-state index is 11.8. The monoisotopic (exact) mass is 332 g/mol. The second kappa shape index (κ2) is 7.23. The van der Waals surface area contributed by atoms with Crippen molar-refractivity contribution in [3.8, 4) is 5.75 Å². The molecule has 2 aromatic rings. The van der Waals surface area contributed by atoms with E-state index >= 15 is 0 Å². The Morgan fingerprint density at radius 1 is 1.22 bits per heavy atom. The number of carbonyl (C=O) groups is 1. The van der Waals surface area contributed by atoms with Crippen LogP contribution >= 0.6 is 12.2 Å². The summed E-state index contributed by atoms with van der Waals surface area (Å²) in [7, 11) is 0. The van der Waals surface area contributed by atoms with Gasteiger partial charge in [-0.25, -0.2) is 0 Å². The summed E-state index contributed by atoms with van der Waals surface area (Å²) < 4.78 is 5.54. The van der Waals surface area contributed by atoms with E-state index in [9.17, 15) is 4.79 Å². The third-order valence-electron chi connectivity index (χ3n) is 2.76. The average molecular weight is 332 g/mol. The van der Waals surface area contributed by atoms with E-state index in [0.717, 1.165) is 10.9 Å². The van der Waals surface area contributed by atoms with E-state index in [1.165, 1.54) is 0 Å². The van der Waals surface area contributed by atoms with E-state index in [4.69, 9.17) is 17.0 Å². The third-order valence-corrected chi connectivity index (χ3v) is 2.96. The van der Waals surface area contributed by atoms with Gasteiger partial charge in [0.05, 0.1) is 0 Å². The second-order valence-electron chi connectivity index (χ2n) is 6.00. The van der Waals surface area contributed by atoms with Crippen LogP contribution in [0.25, 0.3) is 10.9 Å². The molecule has 0 fully saturated rings. The third kappa shape index (κ3) is 5.37. The molecule has 1 aromatic carbocycles. The van der Waals surface area contributed by atoms with Crippen molar-refractivity contribution in [2.24, 2.45) is 0 Å². The van der Waals surface area contributed by atoms with Gasteiger partial charge in [-0.2, -0.15) is 0 Å². The molecule has 1 aromatic heterocycles. The molecule has 0 unspecified atom stereocenters. The summed E-state index contributed by atoms with van der Waals surface area (Å²) >= 11 is 5.07. The number of nitrogens with zero attached hydrogens (tertiary/aromatic N) is 1. The topological polar surface area (TPSA) is 75.3 Å². The van der Waals surface area contributed by atoms with Gasteiger partial charge in [-0.1, -0.05) is 18.2 Å². The Balaban J connectivity index is 1.86. The number of aromatic nitrogens is 1. The highest BCUT2D eigenvalue weighted by atomic mass is 32.1. The molecule has 1 amide bonds. The first-order valence-corrected chi connectivity index (χ1v) is 7.59. The molecule has 7 heteroatoms. The number of fused-ring (bicyclic) bond motifs is 1. The number of thiocarbonyl (C=S) groups is 1. The number of amides is 1. The minimum Gasteiger partial charge on any atom is -0.481 e. The summed E-state index contributed by atoms with van der Waals surface area (Å²) in [6.07, 6.45) is 1.69. The van der Waals surface area contributed by atoms with Crippen LogP contribution in [-0.4, -0.2) is 28.1 Å². The van der Waals surface area contributed by atoms with Gasteiger partial charge in [0.25, 0.3) is 5.91 Å². The van der Waals surface area contributed by atoms with Crippen LogP contribution in [0.3, 0.4) is 0 Å². The van der Waals surface area contributed by atoms with Gasteiger partial charge in [-0.15, -0.1) is 0 Å². The Morgan fingerprint density at radius 3 is 2.70 bits per heavy atom. The lowest BCUT2D eigenvalue weighted by molar-refractivity contribution is -0.123. The molecular weight excluding hydrogens is 312 g/mol. The molecule has 0 aliphatic heterocycles. The molecule has 23 heavy (non-hydrogen) atoms. The maximum Gasteiger partial charge on any atom is 0.276 e. The fourth-order valence-electron chi connectivity index (χ4n) is 1.87. The zero-order valence-electron chi connectivity index (χ0n) is 13.3. The number of hydrogen-bond donors (Lipinski definition) is 3. The van der Waals surface area contributed by atoms with E-state index in [1.807, 2.05) is 45.0 Å². The molecule has 0 saturated carbocycles. The van der Waals surface area contributed by atoms with Crippen molar-refractivity contribution in [1.82, 2.24) is 21.2 Å². The van der Waals surface area contributed by atoms with Crippen LogP contribution in [-0.2, 0) is 4.79 Å². The second-order valence-corrected chi connectivity index (χ2v) is 6.41. The predicted molar refractivity (Wildman–Crippen MR) is 94.0 cm³/mol. The fourth-order valence-corrected chi connectivity index (χ4v) is 2.23. The number of carbonyl (C=O) groups excluding carboxylic acids is 1. The number of rotatable bonds is 3. The Labute approximate surface area is 140 Å². The summed E-state index contributed by atoms with van der Waals surface area (Å²) in [5.41, 5.74) is 5.67. The number of nitrogens with one attached hydrogen (secondary N) is 3. The summed E-state index contributed by atoms with van der Waals surface area (Å²) in [4.78, 5) is 16.1. The Hall–Kier alpha value is -2.41. The van der Waals surface area contributed by atoms with Gasteiger partial charge in [-0.05, 0) is 45.1 Å². The number of pyridine rings is 1. The highest BCUT2D eigenvalue weighted by Crippen LogP contribution is 2.22. The zero-order valence-corrected chi connectivity index (χ0v) is 14.2. The van der Waals surface area contributed by atoms with Crippen LogP contribution in [0, 0.1) is 0 Å². The van der Waals surface area contributed by atoms with Gasteiger partial charge < -0.3 is 10.1 Å². The minimum atomic E-state index is -0.337. The molecule has 0 aliphatic rings. The Bertz CT molecular complexity index is 707. The van der Waals surface area contributed by atoms with Crippen LogP contribution in [0.1, 0.15) is 20.8 Å². The SMILES string of the molecule is CC(C)(C)NC(=S)NNC(=O)COc1cccc2cccnc12. The summed E-state index contributed by atoms with van der Waals surface area (Å²) in [5, 5.41) is 4.33. The van der Waals surface area contributed by atoms with E-state index in [0.29, 0.717) is 10.9 Å². The van der Waals surface area contributed by atoms with Gasteiger partial charge in [0.1, 0.15) is 11.3 Å². The lowest BCUT2D eigenvalue weighted by Gasteiger charge is -2.23. The van der Waals surface area contributed by atoms with Gasteiger partial charge in [0, 0.05) is 17.1 Å². The predicted octanol–water partition coefficient (Wildman–Crippen LogP) is 1.91. The molecule has 6 nitrogen and oxygen atoms in total. The molecule has 0 aliphatic carbocycles. The fraction of sp³-hybridized carbons (Fsp3) is 0.312. The quantitative estimate of drug-likeness (QED) is 0.589. The molecule has 0 bridgehead atoms. The Kier molecular flexibility index (Phi) is 5.33. The first kappa shape index (κ1) is 17.0. The molecule has 0 spiro atoms. The van der Waals surface area contributed by atoms with E-state index in [2.05, 4.69) is 21.2 Å². The molecule has 122 valence electrons. The normalized spacial score (nSPS) is 10.9. The molecule has 2 rings (SSSR count). The summed E-state index contributed by atoms with van der Waals surface area (Å²) in [5.74, 6) is 0.227. The van der Waals surface area contributed by atoms with Crippen molar-refractivity contribution in [2.75, 3.05) is 6.61 Å². The summed E-state index contributed by atoms with van der Waals surface area (Å²) in [6.45, 7) is 5.78. The van der Waals surface area contributed by atoms with Gasteiger partial charge in [0.2, 0.25) is 0 Å². The smallest absolute Gasteiger partial charge is 0.276 e. The zero-order chi connectivity index (χ0) is 16.9. The van der Waals surface area contributed by atoms with Crippen molar-refractivity contribution in [3.63, 3.8) is 0 Å². The number of benzene rings is 1. The van der Waals surface area contributed by atoms with Crippen LogP contribution < -0.4 is 20.9 Å². The van der Waals surface area contributed by atoms with Crippen LogP contribution in [0.4, 0.5) is 0 Å². The standard InChI is InChI=1S/C16H20N4O2S/c1-16(2,3)18-15(23)20-19-13(21)10-22-12-8-4-6-11-7-5-9-17-14(11)12/h4-9H,10H2,1-3H3,(H,19,21)(H2,18,20,23). The number of hydrazine groups is 1. The highest BCUT2D eigenvalue weighted by molar-refractivity contribution is 7.80. The maximum absolute atomic E-state index is 11.8. The molecule has 0 radical (unpaired) electrons. The van der Waals surface area contributed by atoms with Gasteiger partial charge in [-0.3, -0.25) is 20.6 Å². The average Bonchev–Trinajstić information content (AvgIpc) is 2.49. The van der Waals surface area contributed by atoms with E-state index < -0.39 is 0 Å². The van der Waals surface area contributed by atoms with Crippen LogP contribution in [0.2, 0.25) is 0 Å². The molecule has 0 atom stereocenters. The van der Waals surface area contributed by atoms with Crippen molar-refractivity contribution in [1.29, 1.82) is 0 Å². The number of ether oxygens (including phenoxy) is 1. The minimum absolute atomic E-state index is 0.138. The highest BCUT2D eigenvalue weighted by Gasteiger charge is 2.12. The molecule has 1 heterocycles. The van der Waals surface area contributed by atoms with Crippen LogP contribution in [0.5, 0.6) is 5.75 Å². The molecule has 3 N–H and O–H groups in total. The lowest BCUT2D eigenvalue weighted by Crippen LogP contribution is -2.52. The molecule has 0 saturated heterocycles. The lowest BCUT2D eigenvalue weighted by atomic mass is 10.1. The first-order chi connectivity index (χ1) is 10.8.